The van der Waals surface area contributed by atoms with Crippen molar-refractivity contribution in [3.63, 3.8) is 0 Å². The number of furan rings is 1. The van der Waals surface area contributed by atoms with E-state index in [1.54, 1.807) is 0 Å². The molecule has 0 saturated carbocycles. The maximum atomic E-state index is 12.8. The third-order valence-corrected chi connectivity index (χ3v) is 5.49. The molecule has 3 N–H and O–H groups in total. The number of amides is 1. The maximum Gasteiger partial charge on any atom is 0.257 e. The van der Waals surface area contributed by atoms with Crippen LogP contribution in [0.3, 0.4) is 0 Å². The Kier molecular flexibility index (Phi) is 5.85. The highest BCUT2D eigenvalue weighted by molar-refractivity contribution is 5.95. The van der Waals surface area contributed by atoms with Gasteiger partial charge in [-0.2, -0.15) is 15.0 Å². The van der Waals surface area contributed by atoms with Crippen LogP contribution in [0.1, 0.15) is 40.7 Å². The highest BCUT2D eigenvalue weighted by Gasteiger charge is 2.28. The minimum Gasteiger partial charge on any atom is -0.466 e. The fraction of sp³-hybridized carbons (Fsp3) is 0.364. The van der Waals surface area contributed by atoms with Crippen LogP contribution in [-0.2, 0) is 0 Å². The summed E-state index contributed by atoms with van der Waals surface area (Å²) in [5.74, 6) is 2.63. The predicted molar refractivity (Wildman–Crippen MR) is 118 cm³/mol. The topological polar surface area (TPSA) is 113 Å². The molecule has 1 aliphatic rings. The number of nitrogen functional groups attached to an aromatic ring is 1. The van der Waals surface area contributed by atoms with Crippen LogP contribution in [0, 0.1) is 13.8 Å². The fourth-order valence-corrected chi connectivity index (χ4v) is 3.79. The smallest absolute Gasteiger partial charge is 0.257 e. The molecule has 9 nitrogen and oxygen atoms in total. The summed E-state index contributed by atoms with van der Waals surface area (Å²) in [6, 6.07) is 11.4. The summed E-state index contributed by atoms with van der Waals surface area (Å²) >= 11 is 0. The van der Waals surface area contributed by atoms with Crippen molar-refractivity contribution in [3.8, 4) is 0 Å². The second-order valence-electron chi connectivity index (χ2n) is 7.70. The van der Waals surface area contributed by atoms with E-state index in [-0.39, 0.29) is 17.9 Å². The lowest BCUT2D eigenvalue weighted by molar-refractivity contribution is 0.0574. The molecule has 3 aromatic rings. The van der Waals surface area contributed by atoms with Crippen molar-refractivity contribution in [1.29, 1.82) is 0 Å². The molecule has 1 aliphatic heterocycles. The number of anilines is 3. The second kappa shape index (κ2) is 8.73. The van der Waals surface area contributed by atoms with E-state index in [2.05, 4.69) is 25.2 Å². The number of carbonyl (C=O) groups is 1. The number of hydrogen-bond acceptors (Lipinski definition) is 8. The first-order valence-corrected chi connectivity index (χ1v) is 10.3. The molecule has 1 amide bonds. The van der Waals surface area contributed by atoms with Gasteiger partial charge in [0.25, 0.3) is 5.91 Å². The number of para-hydroxylation sites is 1. The first kappa shape index (κ1) is 20.8. The van der Waals surface area contributed by atoms with Gasteiger partial charge in [-0.25, -0.2) is 0 Å². The number of rotatable bonds is 5. The zero-order valence-electron chi connectivity index (χ0n) is 18.0. The van der Waals surface area contributed by atoms with E-state index in [0.29, 0.717) is 36.2 Å². The van der Waals surface area contributed by atoms with Crippen molar-refractivity contribution in [2.45, 2.75) is 26.8 Å². The molecule has 0 bridgehead atoms. The summed E-state index contributed by atoms with van der Waals surface area (Å²) in [5.41, 5.74) is 7.46. The normalized spacial score (nSPS) is 15.6. The van der Waals surface area contributed by atoms with Crippen molar-refractivity contribution < 1.29 is 9.21 Å². The van der Waals surface area contributed by atoms with Gasteiger partial charge in [0, 0.05) is 31.9 Å². The number of piperazine rings is 1. The number of nitrogens with zero attached hydrogens (tertiary/aromatic N) is 5. The second-order valence-corrected chi connectivity index (χ2v) is 7.70. The average Bonchev–Trinajstić information content (AvgIpc) is 3.11. The Morgan fingerprint density at radius 1 is 1.10 bits per heavy atom. The molecule has 0 spiro atoms. The van der Waals surface area contributed by atoms with Crippen molar-refractivity contribution in [2.24, 2.45) is 0 Å². The summed E-state index contributed by atoms with van der Waals surface area (Å²) < 4.78 is 5.51. The van der Waals surface area contributed by atoms with E-state index in [0.717, 1.165) is 24.5 Å². The maximum absolute atomic E-state index is 12.8. The van der Waals surface area contributed by atoms with Crippen LogP contribution in [0.4, 0.5) is 17.6 Å². The molecule has 3 heterocycles. The van der Waals surface area contributed by atoms with E-state index in [9.17, 15) is 4.79 Å². The standard InChI is InChI=1S/C22H27N7O2/c1-14-13-18(16(3)31-14)20(30)29-11-9-28(10-12-29)15(2)19-25-21(23)27-22(26-19)24-17-7-5-4-6-8-17/h4-8,13,15H,9-12H2,1-3H3,(H3,23,24,25,26,27). The van der Waals surface area contributed by atoms with Gasteiger partial charge in [-0.05, 0) is 39.0 Å². The molecule has 0 radical (unpaired) electrons. The number of nitrogens with two attached hydrogens (primary N) is 1. The van der Waals surface area contributed by atoms with Gasteiger partial charge in [0.15, 0.2) is 5.82 Å². The molecule has 1 aromatic carbocycles. The zero-order valence-corrected chi connectivity index (χ0v) is 18.0. The molecular weight excluding hydrogens is 394 g/mol. The Hall–Kier alpha value is -3.46. The summed E-state index contributed by atoms with van der Waals surface area (Å²) in [6.45, 7) is 8.41. The average molecular weight is 422 g/mol. The summed E-state index contributed by atoms with van der Waals surface area (Å²) in [5, 5.41) is 3.17. The molecule has 31 heavy (non-hydrogen) atoms. The molecule has 1 saturated heterocycles. The lowest BCUT2D eigenvalue weighted by Crippen LogP contribution is -2.49. The van der Waals surface area contributed by atoms with Gasteiger partial charge in [0.1, 0.15) is 11.5 Å². The first-order chi connectivity index (χ1) is 14.9. The van der Waals surface area contributed by atoms with Gasteiger partial charge in [0.2, 0.25) is 11.9 Å². The molecule has 2 aromatic heterocycles. The van der Waals surface area contributed by atoms with Gasteiger partial charge in [-0.15, -0.1) is 0 Å². The van der Waals surface area contributed by atoms with Gasteiger partial charge >= 0.3 is 0 Å². The van der Waals surface area contributed by atoms with Crippen LogP contribution in [0.25, 0.3) is 0 Å². The fourth-order valence-electron chi connectivity index (χ4n) is 3.79. The van der Waals surface area contributed by atoms with Crippen LogP contribution in [0.2, 0.25) is 0 Å². The molecule has 1 unspecified atom stereocenters. The van der Waals surface area contributed by atoms with Gasteiger partial charge < -0.3 is 20.4 Å². The van der Waals surface area contributed by atoms with E-state index in [1.165, 1.54) is 0 Å². The largest absolute Gasteiger partial charge is 0.466 e. The van der Waals surface area contributed by atoms with Crippen molar-refractivity contribution in [1.82, 2.24) is 24.8 Å². The number of aromatic nitrogens is 3. The van der Waals surface area contributed by atoms with Crippen molar-refractivity contribution in [3.05, 3.63) is 59.3 Å². The Morgan fingerprint density at radius 2 is 1.81 bits per heavy atom. The van der Waals surface area contributed by atoms with E-state index >= 15 is 0 Å². The Bertz CT molecular complexity index is 1060. The zero-order chi connectivity index (χ0) is 22.0. The number of benzene rings is 1. The molecule has 9 heteroatoms. The van der Waals surface area contributed by atoms with Crippen LogP contribution < -0.4 is 11.1 Å². The predicted octanol–water partition coefficient (Wildman–Crippen LogP) is 2.93. The van der Waals surface area contributed by atoms with E-state index in [4.69, 9.17) is 10.2 Å². The SMILES string of the molecule is Cc1cc(C(=O)N2CCN(C(C)c3nc(N)nc(Nc4ccccc4)n3)CC2)c(C)o1. The molecule has 162 valence electrons. The summed E-state index contributed by atoms with van der Waals surface area (Å²) in [7, 11) is 0. The summed E-state index contributed by atoms with van der Waals surface area (Å²) in [6.07, 6.45) is 0. The third-order valence-electron chi connectivity index (χ3n) is 5.49. The minimum absolute atomic E-state index is 0.0143. The van der Waals surface area contributed by atoms with E-state index in [1.807, 2.05) is 62.1 Å². The highest BCUT2D eigenvalue weighted by Crippen LogP contribution is 2.23. The molecular formula is C22H27N7O2. The minimum atomic E-state index is -0.0585. The van der Waals surface area contributed by atoms with Crippen LogP contribution in [-0.4, -0.2) is 56.8 Å². The Labute approximate surface area is 181 Å². The lowest BCUT2D eigenvalue weighted by atomic mass is 10.1. The molecule has 0 aliphatic carbocycles. The highest BCUT2D eigenvalue weighted by atomic mass is 16.3. The third kappa shape index (κ3) is 4.66. The first-order valence-electron chi connectivity index (χ1n) is 10.3. The van der Waals surface area contributed by atoms with Gasteiger partial charge in [-0.3, -0.25) is 9.69 Å². The van der Waals surface area contributed by atoms with Gasteiger partial charge in [0.05, 0.1) is 11.6 Å². The quantitative estimate of drug-likeness (QED) is 0.646. The van der Waals surface area contributed by atoms with Crippen LogP contribution in [0.15, 0.2) is 40.8 Å². The Balaban J connectivity index is 1.42. The number of hydrogen-bond donors (Lipinski definition) is 2. The number of aryl methyl sites for hydroxylation is 2. The Morgan fingerprint density at radius 3 is 2.45 bits per heavy atom. The number of carbonyl (C=O) groups excluding carboxylic acids is 1. The van der Waals surface area contributed by atoms with Crippen molar-refractivity contribution in [2.75, 3.05) is 37.2 Å². The van der Waals surface area contributed by atoms with Crippen molar-refractivity contribution >= 4 is 23.5 Å². The monoisotopic (exact) mass is 421 g/mol. The molecule has 1 atom stereocenters. The lowest BCUT2D eigenvalue weighted by Gasteiger charge is -2.37. The van der Waals surface area contributed by atoms with Crippen LogP contribution >= 0.6 is 0 Å². The summed E-state index contributed by atoms with van der Waals surface area (Å²) in [4.78, 5) is 30.1. The molecule has 4 rings (SSSR count). The van der Waals surface area contributed by atoms with Gasteiger partial charge in [-0.1, -0.05) is 18.2 Å². The van der Waals surface area contributed by atoms with Crippen LogP contribution in [0.5, 0.6) is 0 Å². The number of nitrogens with one attached hydrogen (secondary N) is 1. The molecule has 1 fully saturated rings. The van der Waals surface area contributed by atoms with E-state index < -0.39 is 0 Å².